The van der Waals surface area contributed by atoms with E-state index in [1.807, 2.05) is 38.5 Å². The van der Waals surface area contributed by atoms with Crippen LogP contribution in [0.1, 0.15) is 25.5 Å². The van der Waals surface area contributed by atoms with Gasteiger partial charge in [-0.2, -0.15) is 0 Å². The predicted molar refractivity (Wildman–Crippen MR) is 130 cm³/mol. The number of fused-ring (bicyclic) bond motifs is 1. The maximum absolute atomic E-state index is 6.44. The maximum atomic E-state index is 6.44. The van der Waals surface area contributed by atoms with E-state index in [1.165, 1.54) is 0 Å². The molecule has 2 aliphatic heterocycles. The SMILES string of the molecule is CN[C@@H]1[C@H](C)OCC12CCN(c1nc(C)c(Sc3cccc(Cl)c3Cl)c3nccn13)CC2. The van der Waals surface area contributed by atoms with Crippen molar-refractivity contribution in [3.8, 4) is 0 Å². The fraction of sp³-hybridized carbons (Fsp3) is 0.478. The first-order chi connectivity index (χ1) is 15.4. The molecule has 2 saturated heterocycles. The molecule has 5 rings (SSSR count). The highest BCUT2D eigenvalue weighted by molar-refractivity contribution is 7.99. The molecule has 1 aromatic carbocycles. The first-order valence-electron chi connectivity index (χ1n) is 10.9. The zero-order valence-corrected chi connectivity index (χ0v) is 20.8. The summed E-state index contributed by atoms with van der Waals surface area (Å²) in [6.07, 6.45) is 6.23. The van der Waals surface area contributed by atoms with Crippen molar-refractivity contribution >= 4 is 46.6 Å². The van der Waals surface area contributed by atoms with Crippen LogP contribution in [0.4, 0.5) is 5.95 Å². The van der Waals surface area contributed by atoms with Crippen LogP contribution in [0, 0.1) is 12.3 Å². The lowest BCUT2D eigenvalue weighted by Gasteiger charge is -2.42. The fourth-order valence-corrected chi connectivity index (χ4v) is 6.67. The molecule has 1 N–H and O–H groups in total. The van der Waals surface area contributed by atoms with Crippen molar-refractivity contribution in [2.24, 2.45) is 5.41 Å². The van der Waals surface area contributed by atoms with Crippen LogP contribution in [0.3, 0.4) is 0 Å². The number of hydrogen-bond donors (Lipinski definition) is 1. The molecule has 3 aromatic rings. The molecule has 0 saturated carbocycles. The Labute approximate surface area is 202 Å². The van der Waals surface area contributed by atoms with Crippen LogP contribution in [0.15, 0.2) is 40.4 Å². The summed E-state index contributed by atoms with van der Waals surface area (Å²) in [6.45, 7) is 6.93. The third-order valence-electron chi connectivity index (χ3n) is 6.90. The average molecular weight is 492 g/mol. The van der Waals surface area contributed by atoms with Gasteiger partial charge in [0, 0.05) is 41.8 Å². The van der Waals surface area contributed by atoms with E-state index < -0.39 is 0 Å². The molecule has 2 aromatic heterocycles. The monoisotopic (exact) mass is 491 g/mol. The molecule has 9 heteroatoms. The zero-order chi connectivity index (χ0) is 22.5. The normalized spacial score (nSPS) is 22.8. The van der Waals surface area contributed by atoms with E-state index >= 15 is 0 Å². The number of likely N-dealkylation sites (N-methyl/N-ethyl adjacent to an activating group) is 1. The molecule has 4 heterocycles. The van der Waals surface area contributed by atoms with Crippen molar-refractivity contribution in [2.75, 3.05) is 31.6 Å². The van der Waals surface area contributed by atoms with E-state index in [4.69, 9.17) is 32.9 Å². The highest BCUT2D eigenvalue weighted by Crippen LogP contribution is 2.44. The molecule has 2 aliphatic rings. The van der Waals surface area contributed by atoms with Gasteiger partial charge >= 0.3 is 0 Å². The number of halogens is 2. The van der Waals surface area contributed by atoms with Crippen molar-refractivity contribution < 1.29 is 4.74 Å². The molecule has 1 spiro atoms. The van der Waals surface area contributed by atoms with Crippen molar-refractivity contribution in [3.63, 3.8) is 0 Å². The van der Waals surface area contributed by atoms with E-state index in [9.17, 15) is 0 Å². The second-order valence-electron chi connectivity index (χ2n) is 8.73. The van der Waals surface area contributed by atoms with E-state index in [1.54, 1.807) is 17.8 Å². The van der Waals surface area contributed by atoms with E-state index in [-0.39, 0.29) is 11.5 Å². The van der Waals surface area contributed by atoms with Gasteiger partial charge in [0.2, 0.25) is 5.95 Å². The number of piperidine rings is 1. The van der Waals surface area contributed by atoms with Crippen LogP contribution >= 0.6 is 35.0 Å². The van der Waals surface area contributed by atoms with Crippen LogP contribution in [0.5, 0.6) is 0 Å². The van der Waals surface area contributed by atoms with E-state index in [0.717, 1.165) is 59.6 Å². The van der Waals surface area contributed by atoms with Gasteiger partial charge in [-0.3, -0.25) is 4.40 Å². The summed E-state index contributed by atoms with van der Waals surface area (Å²) < 4.78 is 8.12. The zero-order valence-electron chi connectivity index (χ0n) is 18.4. The highest BCUT2D eigenvalue weighted by Gasteiger charge is 2.49. The Morgan fingerprint density at radius 3 is 2.78 bits per heavy atom. The molecule has 0 unspecified atom stereocenters. The number of anilines is 1. The van der Waals surface area contributed by atoms with Gasteiger partial charge in [-0.05, 0) is 45.9 Å². The predicted octanol–water partition coefficient (Wildman–Crippen LogP) is 5.09. The number of nitrogens with zero attached hydrogens (tertiary/aromatic N) is 4. The Kier molecular flexibility index (Phi) is 6.05. The number of rotatable bonds is 4. The van der Waals surface area contributed by atoms with Crippen molar-refractivity contribution in [1.29, 1.82) is 0 Å². The molecule has 32 heavy (non-hydrogen) atoms. The number of nitrogens with one attached hydrogen (secondary N) is 1. The smallest absolute Gasteiger partial charge is 0.211 e. The molecule has 2 atom stereocenters. The molecule has 6 nitrogen and oxygen atoms in total. The molecular formula is C23H27Cl2N5OS. The summed E-state index contributed by atoms with van der Waals surface area (Å²) in [5, 5.41) is 4.61. The topological polar surface area (TPSA) is 54.7 Å². The van der Waals surface area contributed by atoms with Crippen LogP contribution in [0.2, 0.25) is 10.0 Å². The van der Waals surface area contributed by atoms with Crippen LogP contribution in [-0.4, -0.2) is 53.3 Å². The third kappa shape index (κ3) is 3.68. The Bertz CT molecular complexity index is 1140. The summed E-state index contributed by atoms with van der Waals surface area (Å²) in [6, 6.07) is 6.07. The molecule has 2 fully saturated rings. The Hall–Kier alpha value is -1.51. The molecule has 0 radical (unpaired) electrons. The van der Waals surface area contributed by atoms with Gasteiger partial charge in [0.15, 0.2) is 5.65 Å². The minimum Gasteiger partial charge on any atom is -0.376 e. The lowest BCUT2D eigenvalue weighted by molar-refractivity contribution is 0.0971. The fourth-order valence-electron chi connectivity index (χ4n) is 5.19. The summed E-state index contributed by atoms with van der Waals surface area (Å²) in [5.74, 6) is 0.944. The Morgan fingerprint density at radius 1 is 1.25 bits per heavy atom. The lowest BCUT2D eigenvalue weighted by atomic mass is 9.73. The second kappa shape index (κ2) is 8.69. The van der Waals surface area contributed by atoms with Gasteiger partial charge in [-0.25, -0.2) is 9.97 Å². The number of hydrogen-bond acceptors (Lipinski definition) is 6. The first kappa shape index (κ1) is 22.3. The minimum atomic E-state index is 0.201. The maximum Gasteiger partial charge on any atom is 0.211 e. The Morgan fingerprint density at radius 2 is 2.03 bits per heavy atom. The number of aryl methyl sites for hydroxylation is 1. The Balaban J connectivity index is 1.44. The van der Waals surface area contributed by atoms with E-state index in [0.29, 0.717) is 16.1 Å². The van der Waals surface area contributed by atoms with Crippen molar-refractivity contribution in [2.45, 2.75) is 48.6 Å². The second-order valence-corrected chi connectivity index (χ2v) is 10.6. The standard InChI is InChI=1S/C23H27Cl2N5OS/c1-14-19(32-17-6-4-5-16(24)18(17)25)21-27-9-12-30(21)22(28-14)29-10-7-23(8-11-29)13-31-15(2)20(23)26-3/h4-6,9,12,15,20,26H,7-8,10-11,13H2,1-3H3/t15-,20+/m0/s1. The molecule has 0 aliphatic carbocycles. The summed E-state index contributed by atoms with van der Waals surface area (Å²) in [7, 11) is 2.05. The summed E-state index contributed by atoms with van der Waals surface area (Å²) in [5.41, 5.74) is 2.03. The van der Waals surface area contributed by atoms with Crippen molar-refractivity contribution in [3.05, 3.63) is 46.3 Å². The van der Waals surface area contributed by atoms with Gasteiger partial charge < -0.3 is 15.0 Å². The summed E-state index contributed by atoms with van der Waals surface area (Å²) >= 11 is 14.2. The minimum absolute atomic E-state index is 0.201. The summed E-state index contributed by atoms with van der Waals surface area (Å²) in [4.78, 5) is 13.9. The van der Waals surface area contributed by atoms with Crippen molar-refractivity contribution in [1.82, 2.24) is 19.7 Å². The van der Waals surface area contributed by atoms with Gasteiger partial charge in [0.1, 0.15) is 0 Å². The lowest BCUT2D eigenvalue weighted by Crippen LogP contribution is -2.52. The van der Waals surface area contributed by atoms with Gasteiger partial charge in [-0.15, -0.1) is 0 Å². The van der Waals surface area contributed by atoms with Crippen LogP contribution < -0.4 is 10.2 Å². The van der Waals surface area contributed by atoms with Crippen LogP contribution in [-0.2, 0) is 4.74 Å². The quantitative estimate of drug-likeness (QED) is 0.548. The van der Waals surface area contributed by atoms with Gasteiger partial charge in [0.25, 0.3) is 0 Å². The number of ether oxygens (including phenoxy) is 1. The molecular weight excluding hydrogens is 465 g/mol. The van der Waals surface area contributed by atoms with E-state index in [2.05, 4.69) is 26.5 Å². The molecule has 0 bridgehead atoms. The molecule has 170 valence electrons. The molecule has 0 amide bonds. The number of imidazole rings is 1. The highest BCUT2D eigenvalue weighted by atomic mass is 35.5. The van der Waals surface area contributed by atoms with Gasteiger partial charge in [-0.1, -0.05) is 41.0 Å². The third-order valence-corrected chi connectivity index (χ3v) is 9.07. The number of benzene rings is 1. The van der Waals surface area contributed by atoms with Gasteiger partial charge in [0.05, 0.1) is 33.3 Å². The largest absolute Gasteiger partial charge is 0.376 e. The average Bonchev–Trinajstić information content (AvgIpc) is 3.39. The first-order valence-corrected chi connectivity index (χ1v) is 12.5. The number of aromatic nitrogens is 3. The van der Waals surface area contributed by atoms with Crippen LogP contribution in [0.25, 0.3) is 5.65 Å².